The first-order valence-electron chi connectivity index (χ1n) is 9.43. The first-order chi connectivity index (χ1) is 13.2. The Morgan fingerprint density at radius 2 is 1.74 bits per heavy atom. The van der Waals surface area contributed by atoms with Gasteiger partial charge in [-0.3, -0.25) is 4.79 Å². The lowest BCUT2D eigenvalue weighted by molar-refractivity contribution is -0.123. The number of hydrogen-bond acceptors (Lipinski definition) is 3. The van der Waals surface area contributed by atoms with Crippen molar-refractivity contribution in [2.45, 2.75) is 25.8 Å². The average molecular weight is 355 g/mol. The molecule has 2 aromatic carbocycles. The molecule has 2 heterocycles. The molecule has 2 aliphatic rings. The van der Waals surface area contributed by atoms with Crippen LogP contribution in [0.1, 0.15) is 30.1 Å². The first-order valence-corrected chi connectivity index (χ1v) is 9.43. The number of benzene rings is 2. The fraction of sp³-hybridized carbons (Fsp3) is 0.217. The number of carbonyl (C=O) groups excluding carboxylic acids is 1. The SMILES string of the molecule is Cc1nn2c(c1-c1ccccc1)NC1=CCCC(=O)[C@H]1[C@@H]2c1ccccc1. The molecule has 1 aliphatic heterocycles. The summed E-state index contributed by atoms with van der Waals surface area (Å²) < 4.78 is 2.03. The number of allylic oxidation sites excluding steroid dienone is 2. The van der Waals surface area contributed by atoms with Gasteiger partial charge < -0.3 is 5.32 Å². The summed E-state index contributed by atoms with van der Waals surface area (Å²) in [4.78, 5) is 12.9. The van der Waals surface area contributed by atoms with E-state index in [4.69, 9.17) is 5.10 Å². The second-order valence-corrected chi connectivity index (χ2v) is 7.24. The quantitative estimate of drug-likeness (QED) is 0.722. The molecule has 0 fully saturated rings. The zero-order valence-electron chi connectivity index (χ0n) is 15.2. The van der Waals surface area contributed by atoms with E-state index in [2.05, 4.69) is 35.7 Å². The largest absolute Gasteiger partial charge is 0.343 e. The van der Waals surface area contributed by atoms with Crippen molar-refractivity contribution in [1.29, 1.82) is 0 Å². The predicted molar refractivity (Wildman–Crippen MR) is 106 cm³/mol. The van der Waals surface area contributed by atoms with Crippen LogP contribution in [0.3, 0.4) is 0 Å². The molecule has 0 unspecified atom stereocenters. The molecule has 0 saturated heterocycles. The molecule has 1 aliphatic carbocycles. The summed E-state index contributed by atoms with van der Waals surface area (Å²) in [5.74, 6) is 1.07. The van der Waals surface area contributed by atoms with Crippen LogP contribution in [0.5, 0.6) is 0 Å². The molecule has 134 valence electrons. The highest BCUT2D eigenvalue weighted by molar-refractivity contribution is 5.89. The Morgan fingerprint density at radius 3 is 2.48 bits per heavy atom. The Kier molecular flexibility index (Phi) is 3.71. The topological polar surface area (TPSA) is 46.9 Å². The number of carbonyl (C=O) groups is 1. The van der Waals surface area contributed by atoms with E-state index in [0.717, 1.165) is 40.3 Å². The Hall–Kier alpha value is -3.14. The zero-order valence-corrected chi connectivity index (χ0v) is 15.2. The van der Waals surface area contributed by atoms with Crippen molar-refractivity contribution in [2.24, 2.45) is 5.92 Å². The van der Waals surface area contributed by atoms with Gasteiger partial charge in [0.15, 0.2) is 0 Å². The monoisotopic (exact) mass is 355 g/mol. The van der Waals surface area contributed by atoms with E-state index < -0.39 is 0 Å². The number of aryl methyl sites for hydroxylation is 1. The second-order valence-electron chi connectivity index (χ2n) is 7.24. The van der Waals surface area contributed by atoms with Crippen LogP contribution in [0.4, 0.5) is 5.82 Å². The van der Waals surface area contributed by atoms with Gasteiger partial charge in [-0.1, -0.05) is 66.7 Å². The van der Waals surface area contributed by atoms with Gasteiger partial charge >= 0.3 is 0 Å². The van der Waals surface area contributed by atoms with Crippen molar-refractivity contribution in [1.82, 2.24) is 9.78 Å². The maximum Gasteiger partial charge on any atom is 0.144 e. The molecule has 4 heteroatoms. The van der Waals surface area contributed by atoms with E-state index in [1.807, 2.05) is 48.0 Å². The van der Waals surface area contributed by atoms with Crippen molar-refractivity contribution in [2.75, 3.05) is 5.32 Å². The van der Waals surface area contributed by atoms with Gasteiger partial charge in [0.1, 0.15) is 11.6 Å². The Labute approximate surface area is 158 Å². The maximum absolute atomic E-state index is 12.9. The van der Waals surface area contributed by atoms with Crippen LogP contribution >= 0.6 is 0 Å². The molecule has 0 amide bonds. The van der Waals surface area contributed by atoms with Crippen LogP contribution in [0.2, 0.25) is 0 Å². The van der Waals surface area contributed by atoms with Gasteiger partial charge in [-0.25, -0.2) is 4.68 Å². The van der Waals surface area contributed by atoms with Crippen LogP contribution < -0.4 is 5.32 Å². The molecular formula is C23H21N3O. The summed E-state index contributed by atoms with van der Waals surface area (Å²) in [6.07, 6.45) is 3.58. The molecular weight excluding hydrogens is 334 g/mol. The third-order valence-corrected chi connectivity index (χ3v) is 5.57. The molecule has 0 radical (unpaired) electrons. The third-order valence-electron chi connectivity index (χ3n) is 5.57. The van der Waals surface area contributed by atoms with E-state index >= 15 is 0 Å². The summed E-state index contributed by atoms with van der Waals surface area (Å²) in [5, 5.41) is 8.44. The normalized spacial score (nSPS) is 21.1. The number of hydrogen-bond donors (Lipinski definition) is 1. The minimum Gasteiger partial charge on any atom is -0.343 e. The van der Waals surface area contributed by atoms with Gasteiger partial charge in [0.05, 0.1) is 17.7 Å². The number of Topliss-reactive ketones (excluding diaryl/α,β-unsaturated/α-hetero) is 1. The minimum absolute atomic E-state index is 0.113. The predicted octanol–water partition coefficient (Wildman–Crippen LogP) is 4.74. The van der Waals surface area contributed by atoms with Gasteiger partial charge in [-0.15, -0.1) is 0 Å². The van der Waals surface area contributed by atoms with Crippen LogP contribution in [0.25, 0.3) is 11.1 Å². The van der Waals surface area contributed by atoms with Crippen molar-refractivity contribution >= 4 is 11.6 Å². The number of fused-ring (bicyclic) bond motifs is 2. The Morgan fingerprint density at radius 1 is 1.04 bits per heavy atom. The summed E-state index contributed by atoms with van der Waals surface area (Å²) in [5.41, 5.74) is 5.35. The van der Waals surface area contributed by atoms with Gasteiger partial charge in [-0.2, -0.15) is 5.10 Å². The van der Waals surface area contributed by atoms with E-state index in [-0.39, 0.29) is 17.7 Å². The smallest absolute Gasteiger partial charge is 0.144 e. The highest BCUT2D eigenvalue weighted by Crippen LogP contribution is 2.45. The van der Waals surface area contributed by atoms with Crippen molar-refractivity contribution < 1.29 is 4.79 Å². The van der Waals surface area contributed by atoms with Gasteiger partial charge in [0.25, 0.3) is 0 Å². The maximum atomic E-state index is 12.9. The van der Waals surface area contributed by atoms with Gasteiger partial charge in [0.2, 0.25) is 0 Å². The summed E-state index contributed by atoms with van der Waals surface area (Å²) in [6, 6.07) is 20.5. The standard InChI is InChI=1S/C23H21N3O/c1-15-20(16-9-4-2-5-10-16)23-24-18-13-8-14-19(27)21(18)22(26(23)25-15)17-11-6-3-7-12-17/h2-7,9-13,21-22,24H,8,14H2,1H3/t21-,22-/m0/s1. The summed E-state index contributed by atoms with van der Waals surface area (Å²) in [7, 11) is 0. The average Bonchev–Trinajstić information content (AvgIpc) is 3.03. The third kappa shape index (κ3) is 2.52. The van der Waals surface area contributed by atoms with Crippen LogP contribution in [-0.2, 0) is 4.79 Å². The van der Waals surface area contributed by atoms with E-state index in [1.165, 1.54) is 0 Å². The number of rotatable bonds is 2. The van der Waals surface area contributed by atoms with Crippen LogP contribution in [0, 0.1) is 12.8 Å². The lowest BCUT2D eigenvalue weighted by Gasteiger charge is -2.37. The van der Waals surface area contributed by atoms with Gasteiger partial charge in [0, 0.05) is 17.7 Å². The summed E-state index contributed by atoms with van der Waals surface area (Å²) in [6.45, 7) is 2.04. The molecule has 3 aromatic rings. The molecule has 5 rings (SSSR count). The zero-order chi connectivity index (χ0) is 18.4. The van der Waals surface area contributed by atoms with Crippen molar-refractivity contribution in [3.8, 4) is 11.1 Å². The van der Waals surface area contributed by atoms with Crippen LogP contribution in [0.15, 0.2) is 72.4 Å². The molecule has 0 saturated carbocycles. The highest BCUT2D eigenvalue weighted by atomic mass is 16.1. The highest BCUT2D eigenvalue weighted by Gasteiger charge is 2.41. The van der Waals surface area contributed by atoms with Crippen LogP contribution in [-0.4, -0.2) is 15.6 Å². The molecule has 2 atom stereocenters. The van der Waals surface area contributed by atoms with E-state index in [9.17, 15) is 4.79 Å². The molecule has 1 N–H and O–H groups in total. The second kappa shape index (κ2) is 6.23. The Balaban J connectivity index is 1.75. The van der Waals surface area contributed by atoms with Crippen molar-refractivity contribution in [3.05, 3.63) is 83.7 Å². The number of nitrogens with zero attached hydrogens (tertiary/aromatic N) is 2. The number of aromatic nitrogens is 2. The number of nitrogens with one attached hydrogen (secondary N) is 1. The Bertz CT molecular complexity index is 1030. The minimum atomic E-state index is -0.198. The van der Waals surface area contributed by atoms with Crippen molar-refractivity contribution in [3.63, 3.8) is 0 Å². The first kappa shape index (κ1) is 16.1. The number of ketones is 1. The molecule has 0 spiro atoms. The lowest BCUT2D eigenvalue weighted by Crippen LogP contribution is -2.38. The fourth-order valence-electron chi connectivity index (χ4n) is 4.38. The summed E-state index contributed by atoms with van der Waals surface area (Å²) >= 11 is 0. The number of anilines is 1. The molecule has 0 bridgehead atoms. The van der Waals surface area contributed by atoms with E-state index in [1.54, 1.807) is 0 Å². The molecule has 4 nitrogen and oxygen atoms in total. The van der Waals surface area contributed by atoms with Gasteiger partial charge in [-0.05, 0) is 24.5 Å². The molecule has 27 heavy (non-hydrogen) atoms. The van der Waals surface area contributed by atoms with E-state index in [0.29, 0.717) is 6.42 Å². The molecule has 1 aromatic heterocycles. The fourth-order valence-corrected chi connectivity index (χ4v) is 4.38. The lowest BCUT2D eigenvalue weighted by atomic mass is 9.80.